The maximum Gasteiger partial charge on any atom is 0.226 e. The molecule has 1 N–H and O–H groups in total. The topological polar surface area (TPSA) is 86.5 Å². The molecule has 146 valence electrons. The van der Waals surface area contributed by atoms with Crippen LogP contribution in [0.4, 0.5) is 5.69 Å². The lowest BCUT2D eigenvalue weighted by Crippen LogP contribution is -2.11. The van der Waals surface area contributed by atoms with Crippen molar-refractivity contribution in [3.8, 4) is 22.9 Å². The summed E-state index contributed by atoms with van der Waals surface area (Å²) in [7, 11) is 3.12. The number of carbonyl (C=O) groups excluding carboxylic acids is 1. The first kappa shape index (κ1) is 19.7. The zero-order valence-corrected chi connectivity index (χ0v) is 16.3. The third-order valence-electron chi connectivity index (χ3n) is 4.00. The van der Waals surface area contributed by atoms with Gasteiger partial charge in [-0.25, -0.2) is 0 Å². The molecule has 1 heterocycles. The maximum atomic E-state index is 12.2. The van der Waals surface area contributed by atoms with Gasteiger partial charge in [-0.2, -0.15) is 4.98 Å². The van der Waals surface area contributed by atoms with E-state index in [1.54, 1.807) is 44.6 Å². The smallest absolute Gasteiger partial charge is 0.226 e. The van der Waals surface area contributed by atoms with Gasteiger partial charge in [-0.3, -0.25) is 4.79 Å². The second-order valence-corrected chi connectivity index (χ2v) is 6.46. The highest BCUT2D eigenvalue weighted by molar-refractivity contribution is 6.30. The molecule has 0 aliphatic heterocycles. The summed E-state index contributed by atoms with van der Waals surface area (Å²) in [6, 6.07) is 12.4. The number of anilines is 1. The first-order chi connectivity index (χ1) is 13.6. The highest BCUT2D eigenvalue weighted by Crippen LogP contribution is 2.26. The summed E-state index contributed by atoms with van der Waals surface area (Å²) in [4.78, 5) is 16.5. The Hall–Kier alpha value is -3.06. The maximum absolute atomic E-state index is 12.2. The van der Waals surface area contributed by atoms with Crippen molar-refractivity contribution in [2.75, 3.05) is 19.5 Å². The van der Waals surface area contributed by atoms with Crippen LogP contribution in [0.25, 0.3) is 11.4 Å². The Labute approximate surface area is 167 Å². The van der Waals surface area contributed by atoms with Gasteiger partial charge in [0.05, 0.1) is 14.2 Å². The summed E-state index contributed by atoms with van der Waals surface area (Å²) < 4.78 is 15.6. The molecular weight excluding hydrogens is 382 g/mol. The summed E-state index contributed by atoms with van der Waals surface area (Å²) in [6.07, 6.45) is 1.41. The molecule has 3 aromatic rings. The minimum atomic E-state index is -0.118. The number of hydrogen-bond acceptors (Lipinski definition) is 6. The number of nitrogens with one attached hydrogen (secondary N) is 1. The molecule has 1 aromatic heterocycles. The molecule has 7 nitrogen and oxygen atoms in total. The second-order valence-electron chi connectivity index (χ2n) is 6.02. The minimum absolute atomic E-state index is 0.118. The van der Waals surface area contributed by atoms with E-state index in [9.17, 15) is 4.79 Å². The quantitative estimate of drug-likeness (QED) is 0.603. The Morgan fingerprint density at radius 1 is 1.11 bits per heavy atom. The molecule has 0 unspecified atom stereocenters. The van der Waals surface area contributed by atoms with Gasteiger partial charge in [-0.15, -0.1) is 0 Å². The molecule has 0 spiro atoms. The Balaban J connectivity index is 1.51. The van der Waals surface area contributed by atoms with Crippen LogP contribution in [0, 0.1) is 0 Å². The Bertz CT molecular complexity index is 919. The van der Waals surface area contributed by atoms with Gasteiger partial charge in [-0.1, -0.05) is 16.8 Å². The Morgan fingerprint density at radius 3 is 2.43 bits per heavy atom. The molecule has 0 atom stereocenters. The SMILES string of the molecule is COc1cc(NC(=O)CCCc2nc(-c3ccc(Cl)cc3)no2)cc(OC)c1. The number of ether oxygens (including phenoxy) is 2. The molecule has 3 rings (SSSR count). The molecule has 0 aliphatic carbocycles. The molecule has 8 heteroatoms. The number of aryl methyl sites for hydroxylation is 1. The second kappa shape index (κ2) is 9.23. The van der Waals surface area contributed by atoms with Crippen LogP contribution in [0.2, 0.25) is 5.02 Å². The van der Waals surface area contributed by atoms with E-state index in [1.807, 2.05) is 12.1 Å². The molecule has 0 fully saturated rings. The first-order valence-corrected chi connectivity index (χ1v) is 9.06. The van der Waals surface area contributed by atoms with Crippen molar-refractivity contribution in [3.63, 3.8) is 0 Å². The van der Waals surface area contributed by atoms with Crippen LogP contribution in [-0.2, 0) is 11.2 Å². The zero-order chi connectivity index (χ0) is 19.9. The average molecular weight is 402 g/mol. The average Bonchev–Trinajstić information content (AvgIpc) is 3.17. The van der Waals surface area contributed by atoms with Crippen molar-refractivity contribution in [1.82, 2.24) is 10.1 Å². The van der Waals surface area contributed by atoms with Crippen molar-refractivity contribution >= 4 is 23.2 Å². The molecule has 0 saturated heterocycles. The molecule has 2 aromatic carbocycles. The lowest BCUT2D eigenvalue weighted by Gasteiger charge is -2.09. The number of carbonyl (C=O) groups is 1. The van der Waals surface area contributed by atoms with Crippen LogP contribution in [0.1, 0.15) is 18.7 Å². The highest BCUT2D eigenvalue weighted by atomic mass is 35.5. The molecule has 28 heavy (non-hydrogen) atoms. The number of nitrogens with zero attached hydrogens (tertiary/aromatic N) is 2. The molecule has 0 radical (unpaired) electrons. The number of methoxy groups -OCH3 is 2. The normalized spacial score (nSPS) is 10.5. The minimum Gasteiger partial charge on any atom is -0.497 e. The summed E-state index contributed by atoms with van der Waals surface area (Å²) in [5.41, 5.74) is 1.44. The highest BCUT2D eigenvalue weighted by Gasteiger charge is 2.10. The van der Waals surface area contributed by atoms with E-state index >= 15 is 0 Å². The van der Waals surface area contributed by atoms with Crippen molar-refractivity contribution in [2.24, 2.45) is 0 Å². The monoisotopic (exact) mass is 401 g/mol. The van der Waals surface area contributed by atoms with Gasteiger partial charge in [0.2, 0.25) is 17.6 Å². The number of halogens is 1. The summed E-state index contributed by atoms with van der Waals surface area (Å²) >= 11 is 5.88. The predicted octanol–water partition coefficient (Wildman–Crippen LogP) is 4.37. The van der Waals surface area contributed by atoms with Gasteiger partial charge in [0.1, 0.15) is 11.5 Å². The standard InChI is InChI=1S/C20H20ClN3O4/c1-26-16-10-15(11-17(12-16)27-2)22-18(25)4-3-5-19-23-20(24-28-19)13-6-8-14(21)9-7-13/h6-12H,3-5H2,1-2H3,(H,22,25). The number of benzene rings is 2. The van der Waals surface area contributed by atoms with Crippen molar-refractivity contribution in [2.45, 2.75) is 19.3 Å². The molecule has 0 bridgehead atoms. The first-order valence-electron chi connectivity index (χ1n) is 8.69. The van der Waals surface area contributed by atoms with Gasteiger partial charge in [0.15, 0.2) is 0 Å². The fraction of sp³-hybridized carbons (Fsp3) is 0.250. The lowest BCUT2D eigenvalue weighted by atomic mass is 10.2. The van der Waals surface area contributed by atoms with Crippen molar-refractivity contribution in [1.29, 1.82) is 0 Å². The summed E-state index contributed by atoms with van der Waals surface area (Å²) in [5.74, 6) is 2.08. The Morgan fingerprint density at radius 2 is 1.79 bits per heavy atom. The van der Waals surface area contributed by atoms with Gasteiger partial charge < -0.3 is 19.3 Å². The molecule has 0 saturated carbocycles. The zero-order valence-electron chi connectivity index (χ0n) is 15.6. The third-order valence-corrected chi connectivity index (χ3v) is 4.25. The fourth-order valence-corrected chi connectivity index (χ4v) is 2.70. The number of hydrogen-bond donors (Lipinski definition) is 1. The van der Waals surface area contributed by atoms with Crippen LogP contribution in [-0.4, -0.2) is 30.3 Å². The lowest BCUT2D eigenvalue weighted by molar-refractivity contribution is -0.116. The summed E-state index contributed by atoms with van der Waals surface area (Å²) in [6.45, 7) is 0. The molecule has 1 amide bonds. The van der Waals surface area contributed by atoms with Crippen LogP contribution in [0.5, 0.6) is 11.5 Å². The van der Waals surface area contributed by atoms with Crippen LogP contribution in [0.15, 0.2) is 47.0 Å². The van der Waals surface area contributed by atoms with E-state index in [1.165, 1.54) is 0 Å². The largest absolute Gasteiger partial charge is 0.497 e. The van der Waals surface area contributed by atoms with Gasteiger partial charge in [0, 0.05) is 47.3 Å². The Kier molecular flexibility index (Phi) is 6.49. The van der Waals surface area contributed by atoms with E-state index < -0.39 is 0 Å². The molecule has 0 aliphatic rings. The van der Waals surface area contributed by atoms with E-state index in [0.29, 0.717) is 53.2 Å². The van der Waals surface area contributed by atoms with E-state index in [4.69, 9.17) is 25.6 Å². The van der Waals surface area contributed by atoms with Crippen LogP contribution in [0.3, 0.4) is 0 Å². The number of aromatic nitrogens is 2. The van der Waals surface area contributed by atoms with Gasteiger partial charge in [-0.05, 0) is 30.7 Å². The fourth-order valence-electron chi connectivity index (χ4n) is 2.58. The number of amides is 1. The van der Waals surface area contributed by atoms with Crippen molar-refractivity contribution in [3.05, 3.63) is 53.4 Å². The van der Waals surface area contributed by atoms with E-state index in [2.05, 4.69) is 15.5 Å². The number of rotatable bonds is 8. The van der Waals surface area contributed by atoms with Crippen molar-refractivity contribution < 1.29 is 18.8 Å². The van der Waals surface area contributed by atoms with E-state index in [-0.39, 0.29) is 5.91 Å². The van der Waals surface area contributed by atoms with Crippen LogP contribution >= 0.6 is 11.6 Å². The van der Waals surface area contributed by atoms with Gasteiger partial charge in [0.25, 0.3) is 0 Å². The third kappa shape index (κ3) is 5.23. The summed E-state index contributed by atoms with van der Waals surface area (Å²) in [5, 5.41) is 7.44. The van der Waals surface area contributed by atoms with E-state index in [0.717, 1.165) is 5.56 Å². The molecular formula is C20H20ClN3O4. The van der Waals surface area contributed by atoms with Crippen LogP contribution < -0.4 is 14.8 Å². The van der Waals surface area contributed by atoms with Gasteiger partial charge >= 0.3 is 0 Å². The predicted molar refractivity (Wildman–Crippen MR) is 106 cm³/mol.